The summed E-state index contributed by atoms with van der Waals surface area (Å²) in [6.45, 7) is 1.67. The minimum Gasteiger partial charge on any atom is -0.379 e. The predicted octanol–water partition coefficient (Wildman–Crippen LogP) is -0.456. The van der Waals surface area contributed by atoms with E-state index in [1.165, 1.54) is 0 Å². The Kier molecular flexibility index (Phi) is 2.14. The quantitative estimate of drug-likeness (QED) is 0.413. The van der Waals surface area contributed by atoms with Crippen LogP contribution < -0.4 is 5.32 Å². The first kappa shape index (κ1) is 4.92. The van der Waals surface area contributed by atoms with Crippen LogP contribution in [0.5, 0.6) is 0 Å². The Morgan fingerprint density at radius 1 is 1.80 bits per heavy atom. The van der Waals surface area contributed by atoms with E-state index in [1.54, 1.807) is 14.0 Å². The van der Waals surface area contributed by atoms with E-state index in [-0.39, 0.29) is 6.23 Å². The molecule has 2 nitrogen and oxygen atoms in total. The van der Waals surface area contributed by atoms with Crippen molar-refractivity contribution in [2.24, 2.45) is 0 Å². The summed E-state index contributed by atoms with van der Waals surface area (Å²) in [7, 11) is 1.70. The second kappa shape index (κ2) is 2.18. The average molecular weight is 75.1 g/mol. The Morgan fingerprint density at radius 3 is 2.00 bits per heavy atom. The molecule has 5 heavy (non-hydrogen) atoms. The Hall–Kier alpha value is -0.0800. The number of aliphatic hydroxyl groups excluding tert-OH is 1. The highest BCUT2D eigenvalue weighted by molar-refractivity contribution is 4.28. The molecule has 0 bridgehead atoms. The van der Waals surface area contributed by atoms with Crippen molar-refractivity contribution in [3.63, 3.8) is 0 Å². The first-order valence-electron chi connectivity index (χ1n) is 1.62. The molecular formula is C3H9NO. The maximum Gasteiger partial charge on any atom is 0.101 e. The summed E-state index contributed by atoms with van der Waals surface area (Å²) in [5.41, 5.74) is 0. The van der Waals surface area contributed by atoms with E-state index in [0.29, 0.717) is 0 Å². The summed E-state index contributed by atoms with van der Waals surface area (Å²) in [5, 5.41) is 10.8. The van der Waals surface area contributed by atoms with Gasteiger partial charge in [-0.2, -0.15) is 0 Å². The number of rotatable bonds is 1. The van der Waals surface area contributed by atoms with Gasteiger partial charge in [0.25, 0.3) is 0 Å². The lowest BCUT2D eigenvalue weighted by molar-refractivity contribution is 0.167. The van der Waals surface area contributed by atoms with Gasteiger partial charge >= 0.3 is 0 Å². The normalized spacial score (nSPS) is 15.0. The molecular weight excluding hydrogens is 66.0 g/mol. The van der Waals surface area contributed by atoms with Gasteiger partial charge in [-0.25, -0.2) is 0 Å². The fourth-order valence-corrected chi connectivity index (χ4v) is 0. The Labute approximate surface area is 31.8 Å². The minimum absolute atomic E-state index is 0.366. The average Bonchev–Trinajstić information content (AvgIpc) is 1.38. The second-order valence-electron chi connectivity index (χ2n) is 0.965. The summed E-state index contributed by atoms with van der Waals surface area (Å²) in [6.07, 6.45) is -0.366. The van der Waals surface area contributed by atoms with E-state index in [9.17, 15) is 0 Å². The monoisotopic (exact) mass is 75.1 g/mol. The van der Waals surface area contributed by atoms with Gasteiger partial charge in [0.2, 0.25) is 0 Å². The number of hydrogen-bond acceptors (Lipinski definition) is 2. The zero-order valence-corrected chi connectivity index (χ0v) is 3.52. The second-order valence-corrected chi connectivity index (χ2v) is 0.965. The van der Waals surface area contributed by atoms with Crippen LogP contribution in [0.3, 0.4) is 0 Å². The summed E-state index contributed by atoms with van der Waals surface area (Å²) >= 11 is 0. The Bertz CT molecular complexity index is 20.9. The van der Waals surface area contributed by atoms with Crippen LogP contribution in [0.2, 0.25) is 0 Å². The van der Waals surface area contributed by atoms with Crippen LogP contribution in [0.15, 0.2) is 0 Å². The molecule has 0 aliphatic heterocycles. The maximum atomic E-state index is 8.25. The molecule has 0 spiro atoms. The highest BCUT2D eigenvalue weighted by atomic mass is 16.3. The lowest BCUT2D eigenvalue weighted by Crippen LogP contribution is -2.19. The topological polar surface area (TPSA) is 32.3 Å². The summed E-state index contributed by atoms with van der Waals surface area (Å²) in [6, 6.07) is 0. The van der Waals surface area contributed by atoms with Crippen LogP contribution in [-0.4, -0.2) is 18.4 Å². The van der Waals surface area contributed by atoms with Crippen molar-refractivity contribution in [2.45, 2.75) is 13.2 Å². The molecule has 0 amide bonds. The van der Waals surface area contributed by atoms with Gasteiger partial charge in [0.05, 0.1) is 0 Å². The highest BCUT2D eigenvalue weighted by Gasteiger charge is 1.78. The molecule has 0 aromatic carbocycles. The molecule has 0 aliphatic carbocycles. The first-order valence-corrected chi connectivity index (χ1v) is 1.62. The standard InChI is InChI=1S/C3H9NO/c1-3(5)4-2/h3-5H,1-2H3/t3-/m1/s1. The number of hydrogen-bond donors (Lipinski definition) is 2. The van der Waals surface area contributed by atoms with Crippen LogP contribution >= 0.6 is 0 Å². The fraction of sp³-hybridized carbons (Fsp3) is 1.00. The molecule has 0 rings (SSSR count). The van der Waals surface area contributed by atoms with Gasteiger partial charge in [-0.15, -0.1) is 0 Å². The lowest BCUT2D eigenvalue weighted by atomic mass is 10.7. The van der Waals surface area contributed by atoms with Gasteiger partial charge in [0.15, 0.2) is 0 Å². The van der Waals surface area contributed by atoms with E-state index >= 15 is 0 Å². The molecule has 0 radical (unpaired) electrons. The minimum atomic E-state index is -0.366. The molecule has 0 aliphatic rings. The third kappa shape index (κ3) is 3.92. The van der Waals surface area contributed by atoms with E-state index in [0.717, 1.165) is 0 Å². The summed E-state index contributed by atoms with van der Waals surface area (Å²) < 4.78 is 0. The van der Waals surface area contributed by atoms with Crippen molar-refractivity contribution in [1.82, 2.24) is 5.32 Å². The largest absolute Gasteiger partial charge is 0.379 e. The van der Waals surface area contributed by atoms with Gasteiger partial charge in [-0.05, 0) is 14.0 Å². The molecule has 0 saturated carbocycles. The highest BCUT2D eigenvalue weighted by Crippen LogP contribution is 1.59. The molecule has 0 aromatic rings. The van der Waals surface area contributed by atoms with Gasteiger partial charge in [0, 0.05) is 0 Å². The van der Waals surface area contributed by atoms with Crippen LogP contribution in [0.4, 0.5) is 0 Å². The molecule has 0 unspecified atom stereocenters. The third-order valence-corrected chi connectivity index (χ3v) is 0.418. The zero-order chi connectivity index (χ0) is 4.28. The SMILES string of the molecule is CN[C@@H](C)O. The van der Waals surface area contributed by atoms with E-state index < -0.39 is 0 Å². The van der Waals surface area contributed by atoms with E-state index in [2.05, 4.69) is 5.32 Å². The van der Waals surface area contributed by atoms with Crippen molar-refractivity contribution in [3.8, 4) is 0 Å². The van der Waals surface area contributed by atoms with Gasteiger partial charge in [0.1, 0.15) is 6.23 Å². The van der Waals surface area contributed by atoms with Crippen molar-refractivity contribution in [3.05, 3.63) is 0 Å². The molecule has 0 fully saturated rings. The molecule has 0 saturated heterocycles. The van der Waals surface area contributed by atoms with Crippen LogP contribution in [0.1, 0.15) is 6.92 Å². The van der Waals surface area contributed by atoms with Gasteiger partial charge in [-0.1, -0.05) is 0 Å². The lowest BCUT2D eigenvalue weighted by Gasteiger charge is -1.94. The summed E-state index contributed by atoms with van der Waals surface area (Å²) in [4.78, 5) is 0. The van der Waals surface area contributed by atoms with E-state index in [1.807, 2.05) is 0 Å². The molecule has 0 heterocycles. The van der Waals surface area contributed by atoms with Crippen molar-refractivity contribution >= 4 is 0 Å². The molecule has 2 heteroatoms. The summed E-state index contributed by atoms with van der Waals surface area (Å²) in [5.74, 6) is 0. The molecule has 1 atom stereocenters. The van der Waals surface area contributed by atoms with E-state index in [4.69, 9.17) is 5.11 Å². The predicted molar refractivity (Wildman–Crippen MR) is 20.7 cm³/mol. The third-order valence-electron chi connectivity index (χ3n) is 0.418. The maximum absolute atomic E-state index is 8.25. The number of aliphatic hydroxyl groups is 1. The molecule has 0 aromatic heterocycles. The zero-order valence-electron chi connectivity index (χ0n) is 3.52. The molecule has 2 N–H and O–H groups in total. The fourth-order valence-electron chi connectivity index (χ4n) is 0. The van der Waals surface area contributed by atoms with Crippen molar-refractivity contribution in [2.75, 3.05) is 7.05 Å². The van der Waals surface area contributed by atoms with Crippen molar-refractivity contribution in [1.29, 1.82) is 0 Å². The molecule has 32 valence electrons. The van der Waals surface area contributed by atoms with Gasteiger partial charge in [-0.3, -0.25) is 5.32 Å². The van der Waals surface area contributed by atoms with Crippen molar-refractivity contribution < 1.29 is 5.11 Å². The first-order chi connectivity index (χ1) is 2.27. The van der Waals surface area contributed by atoms with Gasteiger partial charge < -0.3 is 5.11 Å². The van der Waals surface area contributed by atoms with Crippen LogP contribution in [-0.2, 0) is 0 Å². The Balaban J connectivity index is 2.54. The van der Waals surface area contributed by atoms with Crippen LogP contribution in [0, 0.1) is 0 Å². The smallest absolute Gasteiger partial charge is 0.101 e. The Morgan fingerprint density at radius 2 is 2.00 bits per heavy atom. The van der Waals surface area contributed by atoms with Crippen LogP contribution in [0.25, 0.3) is 0 Å². The number of nitrogens with one attached hydrogen (secondary N) is 1.